The van der Waals surface area contributed by atoms with E-state index in [0.29, 0.717) is 12.4 Å². The van der Waals surface area contributed by atoms with Crippen LogP contribution in [-0.2, 0) is 4.74 Å². The highest BCUT2D eigenvalue weighted by atomic mass is 16.5. The van der Waals surface area contributed by atoms with Gasteiger partial charge < -0.3 is 9.84 Å². The first-order chi connectivity index (χ1) is 10.1. The second-order valence-electron chi connectivity index (χ2n) is 5.52. The van der Waals surface area contributed by atoms with Crippen LogP contribution in [0.15, 0.2) is 53.6 Å². The number of hydrogen-bond donors (Lipinski definition) is 1. The molecule has 1 aliphatic rings. The molecule has 0 saturated carbocycles. The van der Waals surface area contributed by atoms with Crippen molar-refractivity contribution in [2.45, 2.75) is 39.2 Å². The van der Waals surface area contributed by atoms with Crippen LogP contribution in [0.3, 0.4) is 0 Å². The van der Waals surface area contributed by atoms with E-state index in [9.17, 15) is 5.11 Å². The molecule has 0 fully saturated rings. The Morgan fingerprint density at radius 2 is 2.19 bits per heavy atom. The second kappa shape index (κ2) is 7.28. The summed E-state index contributed by atoms with van der Waals surface area (Å²) in [6, 6.07) is 7.45. The van der Waals surface area contributed by atoms with Gasteiger partial charge in [0.2, 0.25) is 0 Å². The molecule has 1 aliphatic heterocycles. The number of para-hydroxylation sites is 1. The Morgan fingerprint density at radius 3 is 2.86 bits per heavy atom. The Hall–Kier alpha value is -1.80. The SMILES string of the molecule is C=C(C)C1=CCOC1CC/C(=C/c1ccccc1O)CC. The van der Waals surface area contributed by atoms with Crippen LogP contribution in [-0.4, -0.2) is 17.8 Å². The van der Waals surface area contributed by atoms with Crippen LogP contribution in [0.1, 0.15) is 38.7 Å². The first kappa shape index (κ1) is 15.6. The number of allylic oxidation sites excluding steroid dienone is 1. The molecule has 0 radical (unpaired) electrons. The zero-order chi connectivity index (χ0) is 15.2. The summed E-state index contributed by atoms with van der Waals surface area (Å²) in [5.41, 5.74) is 4.55. The van der Waals surface area contributed by atoms with E-state index in [1.807, 2.05) is 25.1 Å². The predicted molar refractivity (Wildman–Crippen MR) is 88.2 cm³/mol. The summed E-state index contributed by atoms with van der Waals surface area (Å²) in [6.07, 6.45) is 7.31. The molecule has 1 aromatic carbocycles. The molecule has 0 bridgehead atoms. The average molecular weight is 284 g/mol. The van der Waals surface area contributed by atoms with Crippen LogP contribution in [0.5, 0.6) is 5.75 Å². The van der Waals surface area contributed by atoms with Crippen molar-refractivity contribution in [2.24, 2.45) is 0 Å². The molecule has 1 aromatic rings. The highest BCUT2D eigenvalue weighted by Crippen LogP contribution is 2.28. The molecule has 0 aromatic heterocycles. The minimum Gasteiger partial charge on any atom is -0.507 e. The van der Waals surface area contributed by atoms with Crippen LogP contribution in [0.2, 0.25) is 0 Å². The normalized spacial score (nSPS) is 18.7. The van der Waals surface area contributed by atoms with E-state index in [2.05, 4.69) is 25.7 Å². The van der Waals surface area contributed by atoms with Crippen molar-refractivity contribution < 1.29 is 9.84 Å². The van der Waals surface area contributed by atoms with Crippen molar-refractivity contribution in [1.29, 1.82) is 0 Å². The molecule has 1 unspecified atom stereocenters. The van der Waals surface area contributed by atoms with Gasteiger partial charge in [0.25, 0.3) is 0 Å². The average Bonchev–Trinajstić information content (AvgIpc) is 2.94. The van der Waals surface area contributed by atoms with E-state index < -0.39 is 0 Å². The van der Waals surface area contributed by atoms with Crippen molar-refractivity contribution in [2.75, 3.05) is 6.61 Å². The fourth-order valence-electron chi connectivity index (χ4n) is 2.66. The van der Waals surface area contributed by atoms with Gasteiger partial charge in [0.05, 0.1) is 12.7 Å². The highest BCUT2D eigenvalue weighted by molar-refractivity contribution is 5.59. The molecule has 2 rings (SSSR count). The van der Waals surface area contributed by atoms with Crippen LogP contribution in [0.4, 0.5) is 0 Å². The smallest absolute Gasteiger partial charge is 0.122 e. The molecule has 21 heavy (non-hydrogen) atoms. The van der Waals surface area contributed by atoms with E-state index in [4.69, 9.17) is 4.74 Å². The molecule has 1 heterocycles. The molecule has 0 saturated heterocycles. The monoisotopic (exact) mass is 284 g/mol. The second-order valence-corrected chi connectivity index (χ2v) is 5.52. The van der Waals surface area contributed by atoms with Crippen molar-refractivity contribution in [1.82, 2.24) is 0 Å². The predicted octanol–water partition coefficient (Wildman–Crippen LogP) is 4.87. The number of ether oxygens (including phenoxy) is 1. The Bertz CT molecular complexity index is 567. The minimum atomic E-state index is 0.168. The maximum Gasteiger partial charge on any atom is 0.122 e. The third-order valence-corrected chi connectivity index (χ3v) is 3.92. The molecule has 2 heteroatoms. The third kappa shape index (κ3) is 4.08. The molecule has 0 aliphatic carbocycles. The van der Waals surface area contributed by atoms with Gasteiger partial charge >= 0.3 is 0 Å². The molecule has 1 atom stereocenters. The van der Waals surface area contributed by atoms with Crippen LogP contribution >= 0.6 is 0 Å². The molecule has 1 N–H and O–H groups in total. The fourth-order valence-corrected chi connectivity index (χ4v) is 2.66. The van der Waals surface area contributed by atoms with Gasteiger partial charge in [-0.2, -0.15) is 0 Å². The quantitative estimate of drug-likeness (QED) is 0.807. The highest BCUT2D eigenvalue weighted by Gasteiger charge is 2.20. The van der Waals surface area contributed by atoms with Gasteiger partial charge in [-0.15, -0.1) is 0 Å². The lowest BCUT2D eigenvalue weighted by Gasteiger charge is -2.15. The summed E-state index contributed by atoms with van der Waals surface area (Å²) >= 11 is 0. The standard InChI is InChI=1S/C19H24O2/c1-4-15(13-16-7-5-6-8-18(16)20)9-10-19-17(14(2)3)11-12-21-19/h5-8,11,13,19-20H,2,4,9-10,12H2,1,3H3/b15-13+. The maximum atomic E-state index is 9.86. The van der Waals surface area contributed by atoms with Crippen LogP contribution in [0, 0.1) is 0 Å². The molecule has 0 amide bonds. The molecular formula is C19H24O2. The summed E-state index contributed by atoms with van der Waals surface area (Å²) in [7, 11) is 0. The van der Waals surface area contributed by atoms with Crippen molar-refractivity contribution in [3.63, 3.8) is 0 Å². The molecule has 112 valence electrons. The number of hydrogen-bond acceptors (Lipinski definition) is 2. The number of benzene rings is 1. The molecular weight excluding hydrogens is 260 g/mol. The first-order valence-electron chi connectivity index (χ1n) is 7.56. The summed E-state index contributed by atoms with van der Waals surface area (Å²) in [6.45, 7) is 8.89. The van der Waals surface area contributed by atoms with Gasteiger partial charge in [0.15, 0.2) is 0 Å². The number of aromatic hydroxyl groups is 1. The first-order valence-corrected chi connectivity index (χ1v) is 7.56. The molecule has 2 nitrogen and oxygen atoms in total. The summed E-state index contributed by atoms with van der Waals surface area (Å²) in [4.78, 5) is 0. The lowest BCUT2D eigenvalue weighted by molar-refractivity contribution is 0.116. The van der Waals surface area contributed by atoms with Gasteiger partial charge in [-0.3, -0.25) is 0 Å². The van der Waals surface area contributed by atoms with E-state index in [-0.39, 0.29) is 6.10 Å². The number of rotatable bonds is 6. The van der Waals surface area contributed by atoms with Gasteiger partial charge in [-0.25, -0.2) is 0 Å². The lowest BCUT2D eigenvalue weighted by Crippen LogP contribution is -2.11. The fraction of sp³-hybridized carbons (Fsp3) is 0.368. The van der Waals surface area contributed by atoms with Gasteiger partial charge in [0, 0.05) is 5.56 Å². The van der Waals surface area contributed by atoms with E-state index in [0.717, 1.165) is 30.4 Å². The largest absolute Gasteiger partial charge is 0.507 e. The topological polar surface area (TPSA) is 29.5 Å². The van der Waals surface area contributed by atoms with Crippen LogP contribution in [0.25, 0.3) is 6.08 Å². The van der Waals surface area contributed by atoms with Gasteiger partial charge in [-0.1, -0.05) is 55.0 Å². The Kier molecular flexibility index (Phi) is 5.40. The molecule has 0 spiro atoms. The van der Waals surface area contributed by atoms with E-state index in [1.54, 1.807) is 6.07 Å². The number of phenols is 1. The Balaban J connectivity index is 2.02. The number of phenolic OH excluding ortho intramolecular Hbond substituents is 1. The zero-order valence-electron chi connectivity index (χ0n) is 12.9. The van der Waals surface area contributed by atoms with E-state index in [1.165, 1.54) is 11.1 Å². The maximum absolute atomic E-state index is 9.86. The Labute approximate surface area is 127 Å². The van der Waals surface area contributed by atoms with Crippen LogP contribution < -0.4 is 0 Å². The van der Waals surface area contributed by atoms with Crippen molar-refractivity contribution in [3.8, 4) is 5.75 Å². The zero-order valence-corrected chi connectivity index (χ0v) is 12.9. The van der Waals surface area contributed by atoms with Gasteiger partial charge in [0.1, 0.15) is 5.75 Å². The lowest BCUT2D eigenvalue weighted by atomic mass is 9.96. The minimum absolute atomic E-state index is 0.168. The summed E-state index contributed by atoms with van der Waals surface area (Å²) < 4.78 is 5.77. The van der Waals surface area contributed by atoms with Gasteiger partial charge in [-0.05, 0) is 37.8 Å². The summed E-state index contributed by atoms with van der Waals surface area (Å²) in [5, 5.41) is 9.86. The van der Waals surface area contributed by atoms with Crippen molar-refractivity contribution >= 4 is 6.08 Å². The Morgan fingerprint density at radius 1 is 1.43 bits per heavy atom. The van der Waals surface area contributed by atoms with E-state index >= 15 is 0 Å². The third-order valence-electron chi connectivity index (χ3n) is 3.92. The van der Waals surface area contributed by atoms with Crippen molar-refractivity contribution in [3.05, 3.63) is 59.2 Å². The summed E-state index contributed by atoms with van der Waals surface area (Å²) in [5.74, 6) is 0.336.